The highest BCUT2D eigenvalue weighted by Crippen LogP contribution is 1.89. The van der Waals surface area contributed by atoms with E-state index in [4.69, 9.17) is 2.74 Å². The standard InChI is InChI=1S/C4H2F2N2/c5-3-1-7-4(6)8-2-3/h1-2H/i1D,2D. The molecule has 0 aliphatic heterocycles. The molecular weight excluding hydrogens is 114 g/mol. The van der Waals surface area contributed by atoms with Crippen LogP contribution in [0.3, 0.4) is 0 Å². The molecular formula is C4H2F2N2. The average Bonchev–Trinajstić information content (AvgIpc) is 1.82. The van der Waals surface area contributed by atoms with Gasteiger partial charge in [0.05, 0.1) is 15.1 Å². The van der Waals surface area contributed by atoms with Gasteiger partial charge in [-0.25, -0.2) is 14.4 Å². The van der Waals surface area contributed by atoms with Gasteiger partial charge in [0, 0.05) is 0 Å². The van der Waals surface area contributed by atoms with Gasteiger partial charge < -0.3 is 0 Å². The highest BCUT2D eigenvalue weighted by molar-refractivity contribution is 4.82. The number of aromatic nitrogens is 2. The fraction of sp³-hybridized carbons (Fsp3) is 0. The summed E-state index contributed by atoms with van der Waals surface area (Å²) < 4.78 is 37.5. The average molecular weight is 118 g/mol. The molecule has 1 aromatic heterocycles. The van der Waals surface area contributed by atoms with Crippen molar-refractivity contribution in [2.45, 2.75) is 0 Å². The summed E-state index contributed by atoms with van der Waals surface area (Å²) in [6, 6.07) is 0. The Morgan fingerprint density at radius 1 is 1.38 bits per heavy atom. The first-order valence-corrected chi connectivity index (χ1v) is 1.77. The highest BCUT2D eigenvalue weighted by Gasteiger charge is 1.89. The summed E-state index contributed by atoms with van der Waals surface area (Å²) >= 11 is 0. The van der Waals surface area contributed by atoms with Crippen molar-refractivity contribution < 1.29 is 11.5 Å². The molecule has 0 atom stereocenters. The van der Waals surface area contributed by atoms with E-state index >= 15 is 0 Å². The van der Waals surface area contributed by atoms with Crippen LogP contribution in [-0.4, -0.2) is 9.97 Å². The highest BCUT2D eigenvalue weighted by atomic mass is 19.1. The molecule has 1 aromatic rings. The number of hydrogen-bond donors (Lipinski definition) is 0. The zero-order valence-corrected chi connectivity index (χ0v) is 3.65. The lowest BCUT2D eigenvalue weighted by Crippen LogP contribution is -1.87. The van der Waals surface area contributed by atoms with Gasteiger partial charge in [0.2, 0.25) is 0 Å². The summed E-state index contributed by atoms with van der Waals surface area (Å²) in [5.74, 6) is -1.21. The van der Waals surface area contributed by atoms with Crippen molar-refractivity contribution in [3.8, 4) is 0 Å². The summed E-state index contributed by atoms with van der Waals surface area (Å²) in [5, 5.41) is 0. The predicted molar refractivity (Wildman–Crippen MR) is 21.9 cm³/mol. The number of halogens is 2. The van der Waals surface area contributed by atoms with E-state index in [0.29, 0.717) is 0 Å². The van der Waals surface area contributed by atoms with Crippen LogP contribution in [0.1, 0.15) is 2.74 Å². The molecule has 8 heavy (non-hydrogen) atoms. The zero-order chi connectivity index (χ0) is 7.72. The van der Waals surface area contributed by atoms with Crippen molar-refractivity contribution in [1.82, 2.24) is 9.97 Å². The molecule has 0 radical (unpaired) electrons. The topological polar surface area (TPSA) is 25.8 Å². The molecule has 2 nitrogen and oxygen atoms in total. The lowest BCUT2D eigenvalue weighted by Gasteiger charge is -1.82. The second-order valence-electron chi connectivity index (χ2n) is 1.03. The van der Waals surface area contributed by atoms with Gasteiger partial charge in [-0.3, -0.25) is 0 Å². The Hall–Kier alpha value is -1.06. The SMILES string of the molecule is [2H]c1nc(F)nc([2H])c1F. The van der Waals surface area contributed by atoms with Gasteiger partial charge in [0.1, 0.15) is 0 Å². The van der Waals surface area contributed by atoms with Crippen molar-refractivity contribution >= 4 is 0 Å². The van der Waals surface area contributed by atoms with E-state index in [2.05, 4.69) is 9.97 Å². The Morgan fingerprint density at radius 2 is 1.88 bits per heavy atom. The van der Waals surface area contributed by atoms with Crippen LogP contribution >= 0.6 is 0 Å². The van der Waals surface area contributed by atoms with Crippen LogP contribution in [0.15, 0.2) is 12.3 Å². The van der Waals surface area contributed by atoms with E-state index in [1.807, 2.05) is 0 Å². The maximum absolute atomic E-state index is 12.2. The molecule has 1 heterocycles. The van der Waals surface area contributed by atoms with Crippen LogP contribution in [0.5, 0.6) is 0 Å². The third-order valence-corrected chi connectivity index (χ3v) is 0.493. The van der Waals surface area contributed by atoms with Crippen LogP contribution in [0.25, 0.3) is 0 Å². The number of nitrogens with zero attached hydrogens (tertiary/aromatic N) is 2. The molecule has 1 rings (SSSR count). The van der Waals surface area contributed by atoms with E-state index in [-0.39, 0.29) is 0 Å². The monoisotopic (exact) mass is 118 g/mol. The second kappa shape index (κ2) is 1.81. The Kier molecular flexibility index (Phi) is 0.695. The van der Waals surface area contributed by atoms with Gasteiger partial charge in [-0.05, 0) is 0 Å². The second-order valence-corrected chi connectivity index (χ2v) is 1.03. The lowest BCUT2D eigenvalue weighted by atomic mass is 10.6. The summed E-state index contributed by atoms with van der Waals surface area (Å²) in [7, 11) is 0. The van der Waals surface area contributed by atoms with Gasteiger partial charge in [0.25, 0.3) is 0 Å². The Bertz CT molecular complexity index is 242. The minimum Gasteiger partial charge on any atom is -0.208 e. The summed E-state index contributed by atoms with van der Waals surface area (Å²) in [6.07, 6.45) is -3.04. The van der Waals surface area contributed by atoms with Crippen LogP contribution in [0, 0.1) is 11.9 Å². The van der Waals surface area contributed by atoms with Gasteiger partial charge in [0.15, 0.2) is 5.82 Å². The molecule has 42 valence electrons. The van der Waals surface area contributed by atoms with Crippen molar-refractivity contribution in [2.24, 2.45) is 0 Å². The third kappa shape index (κ3) is 0.959. The first-order valence-electron chi connectivity index (χ1n) is 2.77. The largest absolute Gasteiger partial charge is 0.308 e. The van der Waals surface area contributed by atoms with Crippen molar-refractivity contribution in [2.75, 3.05) is 0 Å². The minimum absolute atomic E-state index is 0.891. The van der Waals surface area contributed by atoms with E-state index < -0.39 is 24.2 Å². The first-order chi connectivity index (χ1) is 4.61. The van der Waals surface area contributed by atoms with Crippen LogP contribution in [-0.2, 0) is 0 Å². The van der Waals surface area contributed by atoms with Gasteiger partial charge in [-0.2, -0.15) is 4.39 Å². The molecule has 0 aromatic carbocycles. The Balaban J connectivity index is 3.31. The molecule has 0 amide bonds. The zero-order valence-electron chi connectivity index (χ0n) is 5.65. The number of rotatable bonds is 0. The molecule has 0 unspecified atom stereocenters. The number of hydrogen-bond acceptors (Lipinski definition) is 2. The smallest absolute Gasteiger partial charge is 0.208 e. The van der Waals surface area contributed by atoms with Gasteiger partial charge >= 0.3 is 6.08 Å². The summed E-state index contributed by atoms with van der Waals surface area (Å²) in [4.78, 5) is 5.46. The van der Waals surface area contributed by atoms with Crippen molar-refractivity contribution in [1.29, 1.82) is 0 Å². The molecule has 0 saturated carbocycles. The van der Waals surface area contributed by atoms with Crippen LogP contribution in [0.4, 0.5) is 8.78 Å². The molecule has 0 aliphatic carbocycles. The molecule has 0 fully saturated rings. The fourth-order valence-electron chi connectivity index (χ4n) is 0.240. The van der Waals surface area contributed by atoms with Crippen LogP contribution in [0.2, 0.25) is 0 Å². The lowest BCUT2D eigenvalue weighted by molar-refractivity contribution is 0.516. The molecule has 0 aliphatic rings. The maximum atomic E-state index is 12.2. The van der Waals surface area contributed by atoms with Crippen molar-refractivity contribution in [3.05, 3.63) is 24.2 Å². The fourth-order valence-corrected chi connectivity index (χ4v) is 0.240. The Morgan fingerprint density at radius 3 is 2.38 bits per heavy atom. The van der Waals surface area contributed by atoms with Gasteiger partial charge in [-0.1, -0.05) is 0 Å². The first kappa shape index (κ1) is 3.06. The summed E-state index contributed by atoms with van der Waals surface area (Å²) in [6.45, 7) is 0. The van der Waals surface area contributed by atoms with Crippen molar-refractivity contribution in [3.63, 3.8) is 0 Å². The van der Waals surface area contributed by atoms with Crippen LogP contribution < -0.4 is 0 Å². The van der Waals surface area contributed by atoms with E-state index in [1.165, 1.54) is 0 Å². The molecule has 0 N–H and O–H groups in total. The minimum atomic E-state index is -1.25. The van der Waals surface area contributed by atoms with Gasteiger partial charge in [-0.15, -0.1) is 0 Å². The van der Waals surface area contributed by atoms with E-state index in [1.54, 1.807) is 0 Å². The van der Waals surface area contributed by atoms with E-state index in [9.17, 15) is 8.78 Å². The predicted octanol–water partition coefficient (Wildman–Crippen LogP) is 0.755. The maximum Gasteiger partial charge on any atom is 0.308 e. The molecule has 4 heteroatoms. The normalized spacial score (nSPS) is 12.8. The molecule has 0 saturated heterocycles. The molecule has 0 bridgehead atoms. The molecule has 0 spiro atoms. The third-order valence-electron chi connectivity index (χ3n) is 0.493. The van der Waals surface area contributed by atoms with E-state index in [0.717, 1.165) is 0 Å². The Labute approximate surface area is 47.0 Å². The quantitative estimate of drug-likeness (QED) is 0.470. The summed E-state index contributed by atoms with van der Waals surface area (Å²) in [5.41, 5.74) is 0.